The second-order valence-electron chi connectivity index (χ2n) is 6.56. The van der Waals surface area contributed by atoms with Gasteiger partial charge in [-0.25, -0.2) is 13.2 Å². The highest BCUT2D eigenvalue weighted by atomic mass is 32.2. The lowest BCUT2D eigenvalue weighted by molar-refractivity contribution is 0.262. The molecule has 3 rings (SSSR count). The molecule has 152 valence electrons. The fourth-order valence-corrected chi connectivity index (χ4v) is 4.69. The predicted molar refractivity (Wildman–Crippen MR) is 109 cm³/mol. The van der Waals surface area contributed by atoms with E-state index in [0.29, 0.717) is 30.0 Å². The summed E-state index contributed by atoms with van der Waals surface area (Å²) in [5, 5.41) is 14.3. The topological polar surface area (TPSA) is 112 Å². The lowest BCUT2D eigenvalue weighted by Gasteiger charge is -2.26. The first-order chi connectivity index (χ1) is 14.0. The van der Waals surface area contributed by atoms with Crippen molar-refractivity contribution in [3.63, 3.8) is 0 Å². The quantitative estimate of drug-likeness (QED) is 0.779. The maximum atomic E-state index is 12.8. The van der Waals surface area contributed by atoms with E-state index >= 15 is 0 Å². The van der Waals surface area contributed by atoms with Crippen LogP contribution in [0, 0.1) is 11.3 Å². The van der Waals surface area contributed by atoms with E-state index in [2.05, 4.69) is 10.6 Å². The number of sulfonamides is 1. The minimum absolute atomic E-state index is 0.122. The molecule has 0 atom stereocenters. The minimum Gasteiger partial charge on any atom is -0.495 e. The van der Waals surface area contributed by atoms with Crippen molar-refractivity contribution in [3.8, 4) is 11.8 Å². The highest BCUT2D eigenvalue weighted by molar-refractivity contribution is 7.89. The normalized spacial score (nSPS) is 14.6. The maximum Gasteiger partial charge on any atom is 0.323 e. The van der Waals surface area contributed by atoms with Crippen LogP contribution in [0.3, 0.4) is 0 Å². The van der Waals surface area contributed by atoms with Crippen LogP contribution in [0.25, 0.3) is 0 Å². The van der Waals surface area contributed by atoms with Gasteiger partial charge in [-0.15, -0.1) is 0 Å². The highest BCUT2D eigenvalue weighted by Gasteiger charge is 2.27. The Morgan fingerprint density at radius 1 is 1.07 bits per heavy atom. The van der Waals surface area contributed by atoms with Crippen LogP contribution < -0.4 is 15.4 Å². The number of nitrogens with zero attached hydrogens (tertiary/aromatic N) is 2. The van der Waals surface area contributed by atoms with Crippen molar-refractivity contribution >= 4 is 27.4 Å². The summed E-state index contributed by atoms with van der Waals surface area (Å²) in [6.07, 6.45) is 2.73. The number of hydrogen-bond donors (Lipinski definition) is 2. The van der Waals surface area contributed by atoms with Crippen molar-refractivity contribution in [2.24, 2.45) is 0 Å². The Kier molecular flexibility index (Phi) is 6.36. The molecule has 1 fully saturated rings. The van der Waals surface area contributed by atoms with Crippen molar-refractivity contribution < 1.29 is 17.9 Å². The Bertz CT molecular complexity index is 1040. The molecule has 9 heteroatoms. The van der Waals surface area contributed by atoms with Gasteiger partial charge in [-0.3, -0.25) is 0 Å². The van der Waals surface area contributed by atoms with Crippen LogP contribution in [0.1, 0.15) is 24.8 Å². The molecule has 0 bridgehead atoms. The Balaban J connectivity index is 1.78. The number of para-hydroxylation sites is 1. The molecule has 29 heavy (non-hydrogen) atoms. The standard InChI is InChI=1S/C20H22N4O4S/c1-28-19-13-16(29(26,27)24-11-5-2-6-12-24)9-10-18(19)23-20(25)22-17-8-4-3-7-15(17)14-21/h3-4,7-10,13H,2,5-6,11-12H2,1H3,(H2,22,23,25). The SMILES string of the molecule is COc1cc(S(=O)(=O)N2CCCCC2)ccc1NC(=O)Nc1ccccc1C#N. The van der Waals surface area contributed by atoms with E-state index in [4.69, 9.17) is 10.00 Å². The van der Waals surface area contributed by atoms with Crippen LogP contribution >= 0.6 is 0 Å². The number of nitrogens with one attached hydrogen (secondary N) is 2. The third kappa shape index (κ3) is 4.67. The number of ether oxygens (including phenoxy) is 1. The van der Waals surface area contributed by atoms with Gasteiger partial charge in [0.05, 0.1) is 28.9 Å². The molecule has 2 aromatic rings. The number of amides is 2. The molecular weight excluding hydrogens is 392 g/mol. The Morgan fingerprint density at radius 3 is 2.45 bits per heavy atom. The van der Waals surface area contributed by atoms with Gasteiger partial charge in [0.2, 0.25) is 10.0 Å². The smallest absolute Gasteiger partial charge is 0.323 e. The lowest BCUT2D eigenvalue weighted by atomic mass is 10.2. The second kappa shape index (κ2) is 8.94. The van der Waals surface area contributed by atoms with Crippen LogP contribution in [0.15, 0.2) is 47.4 Å². The number of rotatable bonds is 5. The highest BCUT2D eigenvalue weighted by Crippen LogP contribution is 2.30. The number of nitriles is 1. The van der Waals surface area contributed by atoms with Crippen LogP contribution in [-0.4, -0.2) is 39.0 Å². The summed E-state index contributed by atoms with van der Waals surface area (Å²) < 4.78 is 32.4. The summed E-state index contributed by atoms with van der Waals surface area (Å²) in [5.41, 5.74) is 1.02. The average Bonchev–Trinajstić information content (AvgIpc) is 2.74. The van der Waals surface area contributed by atoms with Gasteiger partial charge >= 0.3 is 6.03 Å². The molecule has 0 saturated carbocycles. The van der Waals surface area contributed by atoms with E-state index in [1.807, 2.05) is 6.07 Å². The average molecular weight is 414 g/mol. The largest absolute Gasteiger partial charge is 0.495 e. The minimum atomic E-state index is -3.61. The predicted octanol–water partition coefficient (Wildman–Crippen LogP) is 3.39. The van der Waals surface area contributed by atoms with Gasteiger partial charge < -0.3 is 15.4 Å². The third-order valence-corrected chi connectivity index (χ3v) is 6.56. The molecule has 1 aliphatic heterocycles. The number of benzene rings is 2. The first-order valence-corrected chi connectivity index (χ1v) is 10.6. The van der Waals surface area contributed by atoms with E-state index in [9.17, 15) is 13.2 Å². The molecule has 1 saturated heterocycles. The van der Waals surface area contributed by atoms with E-state index in [-0.39, 0.29) is 10.6 Å². The third-order valence-electron chi connectivity index (χ3n) is 4.67. The summed E-state index contributed by atoms with van der Waals surface area (Å²) in [5.74, 6) is 0.229. The fraction of sp³-hybridized carbons (Fsp3) is 0.300. The zero-order valence-electron chi connectivity index (χ0n) is 16.0. The van der Waals surface area contributed by atoms with E-state index in [1.54, 1.807) is 24.3 Å². The van der Waals surface area contributed by atoms with Gasteiger partial charge in [0.1, 0.15) is 11.8 Å². The van der Waals surface area contributed by atoms with Crippen LogP contribution in [-0.2, 0) is 10.0 Å². The number of piperidine rings is 1. The Labute approximate surface area is 170 Å². The molecule has 1 heterocycles. The summed E-state index contributed by atoms with van der Waals surface area (Å²) >= 11 is 0. The van der Waals surface area contributed by atoms with Gasteiger partial charge in [-0.2, -0.15) is 9.57 Å². The van der Waals surface area contributed by atoms with Crippen LogP contribution in [0.5, 0.6) is 5.75 Å². The molecule has 0 unspecified atom stereocenters. The maximum absolute atomic E-state index is 12.8. The van der Waals surface area contributed by atoms with Crippen molar-refractivity contribution in [1.29, 1.82) is 5.26 Å². The number of anilines is 2. The first kappa shape index (κ1) is 20.6. The summed E-state index contributed by atoms with van der Waals surface area (Å²) in [7, 11) is -2.20. The van der Waals surface area contributed by atoms with Crippen molar-refractivity contribution in [2.75, 3.05) is 30.8 Å². The zero-order chi connectivity index (χ0) is 20.9. The van der Waals surface area contributed by atoms with Gasteiger partial charge in [0.25, 0.3) is 0 Å². The van der Waals surface area contributed by atoms with Crippen molar-refractivity contribution in [3.05, 3.63) is 48.0 Å². The fourth-order valence-electron chi connectivity index (χ4n) is 3.16. The number of methoxy groups -OCH3 is 1. The number of carbonyl (C=O) groups excluding carboxylic acids is 1. The van der Waals surface area contributed by atoms with Crippen molar-refractivity contribution in [2.45, 2.75) is 24.2 Å². The van der Waals surface area contributed by atoms with E-state index in [0.717, 1.165) is 19.3 Å². The summed E-state index contributed by atoms with van der Waals surface area (Å²) in [6.45, 7) is 1.01. The van der Waals surface area contributed by atoms with Crippen LogP contribution in [0.2, 0.25) is 0 Å². The van der Waals surface area contributed by atoms with E-state index in [1.165, 1.54) is 29.6 Å². The molecule has 0 aliphatic carbocycles. The molecule has 0 spiro atoms. The van der Waals surface area contributed by atoms with Gasteiger partial charge in [-0.1, -0.05) is 18.6 Å². The van der Waals surface area contributed by atoms with Gasteiger partial charge in [-0.05, 0) is 37.1 Å². The molecule has 0 radical (unpaired) electrons. The monoisotopic (exact) mass is 414 g/mol. The summed E-state index contributed by atoms with van der Waals surface area (Å²) in [4.78, 5) is 12.5. The molecule has 8 nitrogen and oxygen atoms in total. The number of hydrogen-bond acceptors (Lipinski definition) is 5. The van der Waals surface area contributed by atoms with Gasteiger partial charge in [0, 0.05) is 19.2 Å². The van der Waals surface area contributed by atoms with Crippen LogP contribution in [0.4, 0.5) is 16.2 Å². The molecular formula is C20H22N4O4S. The Morgan fingerprint density at radius 2 is 1.76 bits per heavy atom. The lowest BCUT2D eigenvalue weighted by Crippen LogP contribution is -2.35. The zero-order valence-corrected chi connectivity index (χ0v) is 16.8. The molecule has 1 aliphatic rings. The number of urea groups is 1. The molecule has 2 N–H and O–H groups in total. The Hall–Kier alpha value is -3.09. The molecule has 0 aromatic heterocycles. The summed E-state index contributed by atoms with van der Waals surface area (Å²) in [6, 6.07) is 12.4. The van der Waals surface area contributed by atoms with E-state index < -0.39 is 16.1 Å². The molecule has 2 aromatic carbocycles. The second-order valence-corrected chi connectivity index (χ2v) is 8.50. The molecule has 2 amide bonds. The first-order valence-electron chi connectivity index (χ1n) is 9.21. The van der Waals surface area contributed by atoms with Crippen molar-refractivity contribution in [1.82, 2.24) is 4.31 Å². The number of carbonyl (C=O) groups is 1. The van der Waals surface area contributed by atoms with Gasteiger partial charge in [0.15, 0.2) is 0 Å².